The lowest BCUT2D eigenvalue weighted by molar-refractivity contribution is -0.382. The van der Waals surface area contributed by atoms with Crippen LogP contribution in [-0.4, -0.2) is 21.5 Å². The summed E-state index contributed by atoms with van der Waals surface area (Å²) in [6.07, 6.45) is 1.57. The number of rotatable bonds is 2. The third kappa shape index (κ3) is 1.30. The molecule has 6 heteroatoms. The molecule has 0 saturated heterocycles. The Balaban J connectivity index is 2.85. The molecule has 1 aromatic carbocycles. The summed E-state index contributed by atoms with van der Waals surface area (Å²) < 4.78 is 1.75. The number of nitro benzene ring substituents is 1. The van der Waals surface area contributed by atoms with Crippen molar-refractivity contribution in [2.75, 3.05) is 12.4 Å². The Morgan fingerprint density at radius 3 is 2.87 bits per heavy atom. The first-order valence-corrected chi connectivity index (χ1v) is 4.41. The fourth-order valence-corrected chi connectivity index (χ4v) is 1.57. The first-order chi connectivity index (χ1) is 7.15. The highest BCUT2D eigenvalue weighted by Gasteiger charge is 2.20. The van der Waals surface area contributed by atoms with E-state index in [2.05, 4.69) is 10.3 Å². The Bertz CT molecular complexity index is 532. The van der Waals surface area contributed by atoms with Crippen molar-refractivity contribution in [1.82, 2.24) is 9.55 Å². The summed E-state index contributed by atoms with van der Waals surface area (Å²) >= 11 is 0. The molecule has 1 N–H and O–H groups in total. The number of imidazole rings is 1. The number of hydrogen-bond acceptors (Lipinski definition) is 4. The molecular formula is C9H10N4O2. The lowest BCUT2D eigenvalue weighted by Crippen LogP contribution is -1.97. The predicted octanol–water partition coefficient (Wildman–Crippen LogP) is 1.52. The fourth-order valence-electron chi connectivity index (χ4n) is 1.57. The number of benzene rings is 1. The van der Waals surface area contributed by atoms with Crippen LogP contribution in [0, 0.1) is 10.1 Å². The molecule has 0 unspecified atom stereocenters. The zero-order valence-electron chi connectivity index (χ0n) is 8.39. The molecule has 0 aliphatic heterocycles. The standard InChI is InChI=1S/C9H10N4O2/c1-10-6-3-4-7-8(9(6)13(14)15)11-5-12(7)2/h3-5,10H,1-2H3. The second-order valence-electron chi connectivity index (χ2n) is 3.19. The van der Waals surface area contributed by atoms with Crippen LogP contribution in [0.1, 0.15) is 0 Å². The highest BCUT2D eigenvalue weighted by molar-refractivity contribution is 5.91. The Morgan fingerprint density at radius 2 is 2.27 bits per heavy atom. The average molecular weight is 206 g/mol. The first-order valence-electron chi connectivity index (χ1n) is 4.41. The van der Waals surface area contributed by atoms with Gasteiger partial charge in [0, 0.05) is 14.1 Å². The van der Waals surface area contributed by atoms with Crippen LogP contribution in [0.15, 0.2) is 18.5 Å². The quantitative estimate of drug-likeness (QED) is 0.597. The largest absolute Gasteiger partial charge is 0.382 e. The number of nitro groups is 1. The van der Waals surface area contributed by atoms with Gasteiger partial charge in [-0.3, -0.25) is 10.1 Å². The number of aromatic nitrogens is 2. The molecule has 0 aliphatic rings. The molecule has 0 fully saturated rings. The van der Waals surface area contributed by atoms with Crippen molar-refractivity contribution in [1.29, 1.82) is 0 Å². The van der Waals surface area contributed by atoms with Gasteiger partial charge in [0.05, 0.1) is 16.8 Å². The normalized spacial score (nSPS) is 10.5. The summed E-state index contributed by atoms with van der Waals surface area (Å²) in [5.41, 5.74) is 1.66. The van der Waals surface area contributed by atoms with Crippen molar-refractivity contribution in [3.63, 3.8) is 0 Å². The van der Waals surface area contributed by atoms with Crippen molar-refractivity contribution < 1.29 is 4.92 Å². The fraction of sp³-hybridized carbons (Fsp3) is 0.222. The van der Waals surface area contributed by atoms with Crippen LogP contribution in [-0.2, 0) is 7.05 Å². The van der Waals surface area contributed by atoms with Crippen molar-refractivity contribution in [2.45, 2.75) is 0 Å². The Morgan fingerprint density at radius 1 is 1.53 bits per heavy atom. The smallest absolute Gasteiger partial charge is 0.319 e. The molecule has 78 valence electrons. The molecule has 2 rings (SSSR count). The third-order valence-electron chi connectivity index (χ3n) is 2.32. The van der Waals surface area contributed by atoms with Crippen molar-refractivity contribution in [3.05, 3.63) is 28.6 Å². The molecular weight excluding hydrogens is 196 g/mol. The summed E-state index contributed by atoms with van der Waals surface area (Å²) in [6, 6.07) is 3.49. The van der Waals surface area contributed by atoms with E-state index in [0.717, 1.165) is 5.52 Å². The van der Waals surface area contributed by atoms with Crippen LogP contribution in [0.5, 0.6) is 0 Å². The van der Waals surface area contributed by atoms with Crippen molar-refractivity contribution in [3.8, 4) is 0 Å². The lowest BCUT2D eigenvalue weighted by atomic mass is 10.2. The second kappa shape index (κ2) is 3.23. The van der Waals surface area contributed by atoms with Gasteiger partial charge in [-0.25, -0.2) is 4.98 Å². The molecule has 0 spiro atoms. The summed E-state index contributed by atoms with van der Waals surface area (Å²) in [7, 11) is 3.45. The van der Waals surface area contributed by atoms with Gasteiger partial charge in [-0.2, -0.15) is 0 Å². The minimum atomic E-state index is -0.416. The molecule has 0 saturated carbocycles. The highest BCUT2D eigenvalue weighted by atomic mass is 16.6. The average Bonchev–Trinajstić information content (AvgIpc) is 2.58. The number of aryl methyl sites for hydroxylation is 1. The van der Waals surface area contributed by atoms with E-state index in [-0.39, 0.29) is 5.69 Å². The lowest BCUT2D eigenvalue weighted by Gasteiger charge is -2.02. The van der Waals surface area contributed by atoms with Gasteiger partial charge < -0.3 is 9.88 Å². The maximum Gasteiger partial charge on any atom is 0.319 e. The minimum absolute atomic E-state index is 0.0237. The number of hydrogen-bond donors (Lipinski definition) is 1. The van der Waals surface area contributed by atoms with E-state index >= 15 is 0 Å². The summed E-state index contributed by atoms with van der Waals surface area (Å²) in [5.74, 6) is 0. The van der Waals surface area contributed by atoms with Gasteiger partial charge in [-0.05, 0) is 12.1 Å². The Hall–Kier alpha value is -2.11. The summed E-state index contributed by atoms with van der Waals surface area (Å²) in [6.45, 7) is 0. The van der Waals surface area contributed by atoms with Gasteiger partial charge in [0.15, 0.2) is 5.52 Å². The zero-order chi connectivity index (χ0) is 11.0. The molecule has 0 aliphatic carbocycles. The second-order valence-corrected chi connectivity index (χ2v) is 3.19. The molecule has 2 aromatic rings. The topological polar surface area (TPSA) is 73.0 Å². The third-order valence-corrected chi connectivity index (χ3v) is 2.32. The van der Waals surface area contributed by atoms with Crippen LogP contribution in [0.3, 0.4) is 0 Å². The SMILES string of the molecule is CNc1ccc2c(ncn2C)c1[N+](=O)[O-]. The van der Waals surface area contributed by atoms with Crippen molar-refractivity contribution >= 4 is 22.4 Å². The first kappa shape index (κ1) is 9.45. The Kier molecular flexibility index (Phi) is 2.03. The summed E-state index contributed by atoms with van der Waals surface area (Å²) in [5, 5.41) is 13.7. The number of fused-ring (bicyclic) bond motifs is 1. The number of nitrogens with zero attached hydrogens (tertiary/aromatic N) is 3. The molecule has 0 atom stereocenters. The van der Waals surface area contributed by atoms with E-state index in [9.17, 15) is 10.1 Å². The van der Waals surface area contributed by atoms with Crippen LogP contribution in [0.2, 0.25) is 0 Å². The van der Waals surface area contributed by atoms with E-state index < -0.39 is 4.92 Å². The predicted molar refractivity (Wildman–Crippen MR) is 56.9 cm³/mol. The molecule has 1 aromatic heterocycles. The van der Waals surface area contributed by atoms with E-state index in [1.165, 1.54) is 0 Å². The van der Waals surface area contributed by atoms with Crippen LogP contribution in [0.4, 0.5) is 11.4 Å². The van der Waals surface area contributed by atoms with Gasteiger partial charge >= 0.3 is 5.69 Å². The zero-order valence-corrected chi connectivity index (χ0v) is 8.39. The van der Waals surface area contributed by atoms with Crippen molar-refractivity contribution in [2.24, 2.45) is 7.05 Å². The minimum Gasteiger partial charge on any atom is -0.382 e. The maximum absolute atomic E-state index is 10.9. The highest BCUT2D eigenvalue weighted by Crippen LogP contribution is 2.31. The van der Waals surface area contributed by atoms with Crippen LogP contribution >= 0.6 is 0 Å². The van der Waals surface area contributed by atoms with E-state index in [1.807, 2.05) is 0 Å². The van der Waals surface area contributed by atoms with Gasteiger partial charge in [0.1, 0.15) is 5.69 Å². The van der Waals surface area contributed by atoms with E-state index in [4.69, 9.17) is 0 Å². The number of anilines is 1. The van der Waals surface area contributed by atoms with E-state index in [1.54, 1.807) is 37.1 Å². The van der Waals surface area contributed by atoms with Crippen LogP contribution < -0.4 is 5.32 Å². The van der Waals surface area contributed by atoms with Gasteiger partial charge in [-0.15, -0.1) is 0 Å². The van der Waals surface area contributed by atoms with Gasteiger partial charge in [0.25, 0.3) is 0 Å². The molecule has 0 bridgehead atoms. The van der Waals surface area contributed by atoms with Gasteiger partial charge in [0.2, 0.25) is 0 Å². The molecule has 0 radical (unpaired) electrons. The number of nitrogens with one attached hydrogen (secondary N) is 1. The van der Waals surface area contributed by atoms with Gasteiger partial charge in [-0.1, -0.05) is 0 Å². The monoisotopic (exact) mass is 206 g/mol. The molecule has 0 amide bonds. The molecule has 15 heavy (non-hydrogen) atoms. The Labute approximate surface area is 85.7 Å². The van der Waals surface area contributed by atoms with Crippen LogP contribution in [0.25, 0.3) is 11.0 Å². The van der Waals surface area contributed by atoms with E-state index in [0.29, 0.717) is 11.2 Å². The summed E-state index contributed by atoms with van der Waals surface area (Å²) in [4.78, 5) is 14.5. The maximum atomic E-state index is 10.9. The molecule has 6 nitrogen and oxygen atoms in total. The molecule has 1 heterocycles.